The molecule has 3 aromatic rings. The molecule has 0 saturated carbocycles. The van der Waals surface area contributed by atoms with Gasteiger partial charge < -0.3 is 23.6 Å². The van der Waals surface area contributed by atoms with Gasteiger partial charge in [-0.1, -0.05) is 11.8 Å². The second kappa shape index (κ2) is 9.43. The van der Waals surface area contributed by atoms with Gasteiger partial charge in [0.2, 0.25) is 0 Å². The first-order chi connectivity index (χ1) is 13.6. The number of nitrogens with zero attached hydrogens (tertiary/aromatic N) is 3. The van der Waals surface area contributed by atoms with Crippen molar-refractivity contribution < 1.29 is 23.8 Å². The third-order valence-electron chi connectivity index (χ3n) is 3.79. The van der Waals surface area contributed by atoms with Crippen molar-refractivity contribution in [1.29, 1.82) is 0 Å². The third-order valence-corrected chi connectivity index (χ3v) is 4.95. The lowest BCUT2D eigenvalue weighted by molar-refractivity contribution is 0.0526. The van der Waals surface area contributed by atoms with Gasteiger partial charge in [0.25, 0.3) is 0 Å². The maximum absolute atomic E-state index is 11.6. The summed E-state index contributed by atoms with van der Waals surface area (Å²) < 4.78 is 17.6. The monoisotopic (exact) mass is 403 g/mol. The first-order valence-electron chi connectivity index (χ1n) is 8.72. The lowest BCUT2D eigenvalue weighted by Gasteiger charge is -2.12. The molecule has 28 heavy (non-hydrogen) atoms. The van der Waals surface area contributed by atoms with Gasteiger partial charge in [-0.15, -0.1) is 10.2 Å². The fourth-order valence-corrected chi connectivity index (χ4v) is 3.19. The molecule has 0 radical (unpaired) electrons. The van der Waals surface area contributed by atoms with Crippen LogP contribution in [-0.4, -0.2) is 50.9 Å². The maximum atomic E-state index is 11.6. The molecule has 0 aliphatic heterocycles. The lowest BCUT2D eigenvalue weighted by atomic mass is 10.2. The largest absolute Gasteiger partial charge is 0.491 e. The molecule has 0 amide bonds. The number of carbonyl (C=O) groups is 1. The molecule has 1 unspecified atom stereocenters. The fraction of sp³-hybridized carbons (Fsp3) is 0.316. The van der Waals surface area contributed by atoms with Crippen LogP contribution >= 0.6 is 11.8 Å². The van der Waals surface area contributed by atoms with Crippen LogP contribution in [0.4, 0.5) is 0 Å². The summed E-state index contributed by atoms with van der Waals surface area (Å²) in [4.78, 5) is 11.6. The molecular formula is C19H21N3O5S. The van der Waals surface area contributed by atoms with E-state index in [1.807, 2.05) is 17.7 Å². The van der Waals surface area contributed by atoms with Crippen molar-refractivity contribution >= 4 is 17.7 Å². The molecule has 3 rings (SSSR count). The molecule has 1 aromatic carbocycles. The molecule has 0 fully saturated rings. The van der Waals surface area contributed by atoms with Gasteiger partial charge in [-0.3, -0.25) is 0 Å². The van der Waals surface area contributed by atoms with Crippen LogP contribution in [0.1, 0.15) is 17.3 Å². The average Bonchev–Trinajstić information content (AvgIpc) is 3.35. The van der Waals surface area contributed by atoms with E-state index < -0.39 is 6.10 Å². The molecule has 0 saturated heterocycles. The molecule has 9 heteroatoms. The van der Waals surface area contributed by atoms with E-state index in [0.717, 1.165) is 0 Å². The number of furan rings is 1. The van der Waals surface area contributed by atoms with E-state index in [2.05, 4.69) is 10.2 Å². The minimum atomic E-state index is -0.696. The summed E-state index contributed by atoms with van der Waals surface area (Å²) in [6.07, 6.45) is 0.885. The number of carbonyl (C=O) groups excluding carboxylic acids is 1. The Kier molecular flexibility index (Phi) is 6.72. The number of thioether (sulfide) groups is 1. The molecule has 2 aromatic heterocycles. The van der Waals surface area contributed by atoms with Crippen LogP contribution in [0.25, 0.3) is 11.6 Å². The minimum absolute atomic E-state index is 0.120. The number of aliphatic hydroxyl groups excluding tert-OH is 1. The molecular weight excluding hydrogens is 382 g/mol. The number of hydrogen-bond donors (Lipinski definition) is 1. The predicted molar refractivity (Wildman–Crippen MR) is 103 cm³/mol. The number of aromatic nitrogens is 3. The maximum Gasteiger partial charge on any atom is 0.338 e. The Morgan fingerprint density at radius 1 is 1.29 bits per heavy atom. The van der Waals surface area contributed by atoms with E-state index in [0.29, 0.717) is 40.4 Å². The highest BCUT2D eigenvalue weighted by atomic mass is 32.2. The Hall–Kier alpha value is -2.78. The zero-order valence-electron chi connectivity index (χ0n) is 15.6. The first kappa shape index (κ1) is 20.0. The number of rotatable bonds is 9. The Bertz CT molecular complexity index is 893. The smallest absolute Gasteiger partial charge is 0.338 e. The van der Waals surface area contributed by atoms with Crippen LogP contribution in [0.15, 0.2) is 52.2 Å². The van der Waals surface area contributed by atoms with Crippen LogP contribution in [0.2, 0.25) is 0 Å². The Balaban J connectivity index is 1.47. The van der Waals surface area contributed by atoms with E-state index in [-0.39, 0.29) is 12.6 Å². The standard InChI is InChI=1S/C19H21N3O5S/c1-3-25-18(24)13-6-8-15(9-7-13)27-11-14(23)12-28-19-21-20-17(22(19)2)16-5-4-10-26-16/h4-10,14,23H,3,11-12H2,1-2H3. The molecule has 1 atom stereocenters. The normalized spacial score (nSPS) is 12.0. The second-order valence-corrected chi connectivity index (χ2v) is 6.85. The average molecular weight is 403 g/mol. The molecule has 2 heterocycles. The van der Waals surface area contributed by atoms with Gasteiger partial charge in [-0.2, -0.15) is 0 Å². The second-order valence-electron chi connectivity index (χ2n) is 5.86. The summed E-state index contributed by atoms with van der Waals surface area (Å²) in [7, 11) is 1.84. The van der Waals surface area contributed by atoms with Crippen molar-refractivity contribution in [2.45, 2.75) is 18.2 Å². The Labute approximate surface area is 166 Å². The summed E-state index contributed by atoms with van der Waals surface area (Å²) in [5.41, 5.74) is 0.458. The van der Waals surface area contributed by atoms with Gasteiger partial charge in [0.15, 0.2) is 16.7 Å². The minimum Gasteiger partial charge on any atom is -0.491 e. The predicted octanol–water partition coefficient (Wildman–Crippen LogP) is 2.78. The molecule has 0 aliphatic rings. The van der Waals surface area contributed by atoms with E-state index >= 15 is 0 Å². The van der Waals surface area contributed by atoms with Gasteiger partial charge in [0, 0.05) is 12.8 Å². The zero-order chi connectivity index (χ0) is 19.9. The summed E-state index contributed by atoms with van der Waals surface area (Å²) >= 11 is 1.38. The number of benzene rings is 1. The van der Waals surface area contributed by atoms with Gasteiger partial charge in [-0.05, 0) is 43.3 Å². The SMILES string of the molecule is CCOC(=O)c1ccc(OCC(O)CSc2nnc(-c3ccco3)n2C)cc1. The van der Waals surface area contributed by atoms with Gasteiger partial charge in [-0.25, -0.2) is 4.79 Å². The molecule has 0 spiro atoms. The highest BCUT2D eigenvalue weighted by Gasteiger charge is 2.15. The molecule has 0 bridgehead atoms. The zero-order valence-corrected chi connectivity index (χ0v) is 16.4. The molecule has 8 nitrogen and oxygen atoms in total. The van der Waals surface area contributed by atoms with Crippen LogP contribution in [0, 0.1) is 0 Å². The highest BCUT2D eigenvalue weighted by Crippen LogP contribution is 2.23. The lowest BCUT2D eigenvalue weighted by Crippen LogP contribution is -2.20. The summed E-state index contributed by atoms with van der Waals surface area (Å²) in [6, 6.07) is 10.2. The van der Waals surface area contributed by atoms with Crippen molar-refractivity contribution in [3.63, 3.8) is 0 Å². The highest BCUT2D eigenvalue weighted by molar-refractivity contribution is 7.99. The van der Waals surface area contributed by atoms with Gasteiger partial charge >= 0.3 is 5.97 Å². The third kappa shape index (κ3) is 4.93. The van der Waals surface area contributed by atoms with Crippen molar-refractivity contribution in [3.8, 4) is 17.3 Å². The Morgan fingerprint density at radius 2 is 2.07 bits per heavy atom. The van der Waals surface area contributed by atoms with Crippen LogP contribution in [0.3, 0.4) is 0 Å². The van der Waals surface area contributed by atoms with E-state index in [1.165, 1.54) is 11.8 Å². The molecule has 148 valence electrons. The molecule has 0 aliphatic carbocycles. The van der Waals surface area contributed by atoms with Crippen LogP contribution < -0.4 is 4.74 Å². The van der Waals surface area contributed by atoms with Gasteiger partial charge in [0.1, 0.15) is 12.4 Å². The van der Waals surface area contributed by atoms with Gasteiger partial charge in [0.05, 0.1) is 24.5 Å². The summed E-state index contributed by atoms with van der Waals surface area (Å²) in [5.74, 6) is 1.85. The van der Waals surface area contributed by atoms with E-state index in [9.17, 15) is 9.90 Å². The number of esters is 1. The Morgan fingerprint density at radius 3 is 2.75 bits per heavy atom. The number of hydrogen-bond acceptors (Lipinski definition) is 8. The van der Waals surface area contributed by atoms with Crippen molar-refractivity contribution in [3.05, 3.63) is 48.2 Å². The summed E-state index contributed by atoms with van der Waals surface area (Å²) in [5, 5.41) is 19.1. The topological polar surface area (TPSA) is 99.6 Å². The fourth-order valence-electron chi connectivity index (χ4n) is 2.37. The first-order valence-corrected chi connectivity index (χ1v) is 9.71. The quantitative estimate of drug-likeness (QED) is 0.430. The number of ether oxygens (including phenoxy) is 2. The van der Waals surface area contributed by atoms with Crippen LogP contribution in [0.5, 0.6) is 5.75 Å². The van der Waals surface area contributed by atoms with Crippen molar-refractivity contribution in [2.24, 2.45) is 7.05 Å². The van der Waals surface area contributed by atoms with Crippen molar-refractivity contribution in [1.82, 2.24) is 14.8 Å². The van der Waals surface area contributed by atoms with E-state index in [1.54, 1.807) is 43.5 Å². The van der Waals surface area contributed by atoms with Crippen molar-refractivity contribution in [2.75, 3.05) is 19.0 Å². The molecule has 1 N–H and O–H groups in total. The van der Waals surface area contributed by atoms with Crippen LogP contribution in [-0.2, 0) is 11.8 Å². The van der Waals surface area contributed by atoms with E-state index in [4.69, 9.17) is 13.9 Å². The summed E-state index contributed by atoms with van der Waals surface area (Å²) in [6.45, 7) is 2.21. The number of aliphatic hydroxyl groups is 1.